The first-order valence-corrected chi connectivity index (χ1v) is 5.09. The van der Waals surface area contributed by atoms with Crippen molar-refractivity contribution < 1.29 is 9.53 Å². The van der Waals surface area contributed by atoms with Gasteiger partial charge in [0.25, 0.3) is 0 Å². The van der Waals surface area contributed by atoms with Crippen molar-refractivity contribution in [1.29, 1.82) is 0 Å². The first kappa shape index (κ1) is 11.5. The van der Waals surface area contributed by atoms with Gasteiger partial charge in [0.1, 0.15) is 0 Å². The van der Waals surface area contributed by atoms with Gasteiger partial charge in [0, 0.05) is 5.69 Å². The smallest absolute Gasteiger partial charge is 0.411 e. The van der Waals surface area contributed by atoms with E-state index in [0.717, 1.165) is 18.5 Å². The average Bonchev–Trinajstić information content (AvgIpc) is 2.22. The first-order chi connectivity index (χ1) is 7.22. The zero-order chi connectivity index (χ0) is 11.1. The Bertz CT molecular complexity index is 309. The second-order valence-corrected chi connectivity index (χ2v) is 3.30. The Morgan fingerprint density at radius 2 is 2.33 bits per heavy atom. The Morgan fingerprint density at radius 3 is 2.93 bits per heavy atom. The average molecular weight is 208 g/mol. The second-order valence-electron chi connectivity index (χ2n) is 3.30. The molecule has 0 bridgehead atoms. The van der Waals surface area contributed by atoms with Crippen molar-refractivity contribution in [2.45, 2.75) is 26.7 Å². The van der Waals surface area contributed by atoms with Crippen LogP contribution in [-0.4, -0.2) is 17.7 Å². The van der Waals surface area contributed by atoms with Crippen LogP contribution in [0.15, 0.2) is 18.3 Å². The van der Waals surface area contributed by atoms with Crippen LogP contribution in [0.1, 0.15) is 25.5 Å². The topological polar surface area (TPSA) is 51.2 Å². The van der Waals surface area contributed by atoms with E-state index in [2.05, 4.69) is 10.3 Å². The summed E-state index contributed by atoms with van der Waals surface area (Å²) in [5.41, 5.74) is 1.57. The van der Waals surface area contributed by atoms with Crippen LogP contribution in [0.25, 0.3) is 0 Å². The molecule has 15 heavy (non-hydrogen) atoms. The van der Waals surface area contributed by atoms with Crippen LogP contribution >= 0.6 is 0 Å². The molecule has 1 aromatic heterocycles. The summed E-state index contributed by atoms with van der Waals surface area (Å²) in [4.78, 5) is 15.3. The minimum absolute atomic E-state index is 0.422. The number of rotatable bonds is 4. The summed E-state index contributed by atoms with van der Waals surface area (Å²) in [5.74, 6) is 0. The first-order valence-electron chi connectivity index (χ1n) is 5.09. The lowest BCUT2D eigenvalue weighted by atomic mass is 10.3. The molecule has 0 saturated heterocycles. The SMILES string of the molecule is CCCCOC(=O)Nc1ccc(C)nc1. The molecule has 4 nitrogen and oxygen atoms in total. The Hall–Kier alpha value is -1.58. The lowest BCUT2D eigenvalue weighted by molar-refractivity contribution is 0.160. The third-order valence-corrected chi connectivity index (χ3v) is 1.89. The summed E-state index contributed by atoms with van der Waals surface area (Å²) in [6, 6.07) is 3.63. The maximum absolute atomic E-state index is 11.2. The van der Waals surface area contributed by atoms with Gasteiger partial charge in [-0.15, -0.1) is 0 Å². The molecule has 0 aliphatic rings. The van der Waals surface area contributed by atoms with E-state index in [1.165, 1.54) is 0 Å². The number of aromatic nitrogens is 1. The molecule has 0 aliphatic carbocycles. The molecule has 0 unspecified atom stereocenters. The number of hydrogen-bond donors (Lipinski definition) is 1. The summed E-state index contributed by atoms with van der Waals surface area (Å²) >= 11 is 0. The minimum atomic E-state index is -0.422. The van der Waals surface area contributed by atoms with Crippen LogP contribution in [0, 0.1) is 6.92 Å². The quantitative estimate of drug-likeness (QED) is 0.774. The fraction of sp³-hybridized carbons (Fsp3) is 0.455. The second kappa shape index (κ2) is 6.01. The van der Waals surface area contributed by atoms with E-state index >= 15 is 0 Å². The largest absolute Gasteiger partial charge is 0.449 e. The van der Waals surface area contributed by atoms with E-state index in [0.29, 0.717) is 12.3 Å². The highest BCUT2D eigenvalue weighted by Gasteiger charge is 2.01. The third kappa shape index (κ3) is 4.44. The van der Waals surface area contributed by atoms with Crippen molar-refractivity contribution in [2.24, 2.45) is 0 Å². The number of nitrogens with zero attached hydrogens (tertiary/aromatic N) is 1. The molecule has 1 amide bonds. The van der Waals surface area contributed by atoms with Crippen molar-refractivity contribution in [2.75, 3.05) is 11.9 Å². The van der Waals surface area contributed by atoms with Crippen molar-refractivity contribution in [3.63, 3.8) is 0 Å². The maximum Gasteiger partial charge on any atom is 0.411 e. The lowest BCUT2D eigenvalue weighted by Gasteiger charge is -2.05. The van der Waals surface area contributed by atoms with Gasteiger partial charge < -0.3 is 4.74 Å². The number of carbonyl (C=O) groups is 1. The summed E-state index contributed by atoms with van der Waals surface area (Å²) in [6.45, 7) is 4.40. The van der Waals surface area contributed by atoms with E-state index in [-0.39, 0.29) is 0 Å². The van der Waals surface area contributed by atoms with Gasteiger partial charge in [-0.3, -0.25) is 10.3 Å². The molecule has 1 rings (SSSR count). The Labute approximate surface area is 89.7 Å². The van der Waals surface area contributed by atoms with E-state index in [1.807, 2.05) is 19.9 Å². The maximum atomic E-state index is 11.2. The number of ether oxygens (including phenoxy) is 1. The molecular formula is C11H16N2O2. The van der Waals surface area contributed by atoms with Crippen LogP contribution in [0.2, 0.25) is 0 Å². The van der Waals surface area contributed by atoms with Crippen molar-refractivity contribution >= 4 is 11.8 Å². The Kier molecular flexibility index (Phi) is 4.60. The van der Waals surface area contributed by atoms with Crippen molar-refractivity contribution in [1.82, 2.24) is 4.98 Å². The van der Waals surface area contributed by atoms with E-state index in [1.54, 1.807) is 12.3 Å². The summed E-state index contributed by atoms with van der Waals surface area (Å²) < 4.78 is 4.94. The molecule has 0 radical (unpaired) electrons. The van der Waals surface area contributed by atoms with Gasteiger partial charge in [-0.25, -0.2) is 4.79 Å². The molecule has 1 N–H and O–H groups in total. The standard InChI is InChI=1S/C11H16N2O2/c1-3-4-7-15-11(14)13-10-6-5-9(2)12-8-10/h5-6,8H,3-4,7H2,1-2H3,(H,13,14). The fourth-order valence-electron chi connectivity index (χ4n) is 1.00. The predicted octanol–water partition coefficient (Wildman–Crippen LogP) is 2.74. The molecule has 1 aromatic rings. The number of carbonyl (C=O) groups excluding carboxylic acids is 1. The van der Waals surface area contributed by atoms with Gasteiger partial charge >= 0.3 is 6.09 Å². The van der Waals surface area contributed by atoms with Crippen LogP contribution < -0.4 is 5.32 Å². The predicted molar refractivity (Wildman–Crippen MR) is 58.9 cm³/mol. The molecule has 0 aromatic carbocycles. The normalized spacial score (nSPS) is 9.73. The third-order valence-electron chi connectivity index (χ3n) is 1.89. The van der Waals surface area contributed by atoms with Gasteiger partial charge in [-0.2, -0.15) is 0 Å². The summed E-state index contributed by atoms with van der Waals surface area (Å²) in [5, 5.41) is 2.60. The monoisotopic (exact) mass is 208 g/mol. The van der Waals surface area contributed by atoms with E-state index < -0.39 is 6.09 Å². The zero-order valence-corrected chi connectivity index (χ0v) is 9.12. The van der Waals surface area contributed by atoms with E-state index in [4.69, 9.17) is 4.74 Å². The zero-order valence-electron chi connectivity index (χ0n) is 9.12. The number of aryl methyl sites for hydroxylation is 1. The Balaban J connectivity index is 2.34. The minimum Gasteiger partial charge on any atom is -0.449 e. The summed E-state index contributed by atoms with van der Waals surface area (Å²) in [6.07, 6.45) is 3.09. The van der Waals surface area contributed by atoms with Gasteiger partial charge in [-0.05, 0) is 25.5 Å². The highest BCUT2D eigenvalue weighted by Crippen LogP contribution is 2.05. The molecule has 1 heterocycles. The van der Waals surface area contributed by atoms with E-state index in [9.17, 15) is 4.79 Å². The number of hydrogen-bond acceptors (Lipinski definition) is 3. The van der Waals surface area contributed by atoms with Gasteiger partial charge in [0.05, 0.1) is 18.5 Å². The molecule has 4 heteroatoms. The number of pyridine rings is 1. The van der Waals surface area contributed by atoms with Crippen LogP contribution in [-0.2, 0) is 4.74 Å². The van der Waals surface area contributed by atoms with Gasteiger partial charge in [0.2, 0.25) is 0 Å². The number of anilines is 1. The Morgan fingerprint density at radius 1 is 1.53 bits per heavy atom. The molecule has 0 aliphatic heterocycles. The molecule has 0 atom stereocenters. The fourth-order valence-corrected chi connectivity index (χ4v) is 1.00. The molecule has 0 fully saturated rings. The highest BCUT2D eigenvalue weighted by molar-refractivity contribution is 5.84. The number of nitrogens with one attached hydrogen (secondary N) is 1. The van der Waals surface area contributed by atoms with Gasteiger partial charge in [-0.1, -0.05) is 13.3 Å². The van der Waals surface area contributed by atoms with Crippen LogP contribution in [0.4, 0.5) is 10.5 Å². The van der Waals surface area contributed by atoms with Crippen molar-refractivity contribution in [3.8, 4) is 0 Å². The molecule has 0 saturated carbocycles. The number of amides is 1. The summed E-state index contributed by atoms with van der Waals surface area (Å²) in [7, 11) is 0. The molecule has 82 valence electrons. The number of unbranched alkanes of at least 4 members (excludes halogenated alkanes) is 1. The van der Waals surface area contributed by atoms with Crippen LogP contribution in [0.3, 0.4) is 0 Å². The van der Waals surface area contributed by atoms with Crippen molar-refractivity contribution in [3.05, 3.63) is 24.0 Å². The van der Waals surface area contributed by atoms with Gasteiger partial charge in [0.15, 0.2) is 0 Å². The highest BCUT2D eigenvalue weighted by atomic mass is 16.5. The lowest BCUT2D eigenvalue weighted by Crippen LogP contribution is -2.14. The molecule has 0 spiro atoms. The molecular weight excluding hydrogens is 192 g/mol. The van der Waals surface area contributed by atoms with Crippen LogP contribution in [0.5, 0.6) is 0 Å².